The summed E-state index contributed by atoms with van der Waals surface area (Å²) < 4.78 is 0. The average Bonchev–Trinajstić information content (AvgIpc) is 2.25. The lowest BCUT2D eigenvalue weighted by Gasteiger charge is -2.15. The lowest BCUT2D eigenvalue weighted by Crippen LogP contribution is -2.10. The fourth-order valence-corrected chi connectivity index (χ4v) is 2.47. The van der Waals surface area contributed by atoms with E-state index in [4.69, 9.17) is 0 Å². The van der Waals surface area contributed by atoms with Crippen LogP contribution >= 0.6 is 0 Å². The summed E-state index contributed by atoms with van der Waals surface area (Å²) in [4.78, 5) is 14.2. The number of isocyanates is 1. The average molecular weight is 209 g/mol. The van der Waals surface area contributed by atoms with Gasteiger partial charge in [0, 0.05) is 0 Å². The SMILES string of the molecule is CC1CCCCCCCCC(N=C=O)C1. The summed E-state index contributed by atoms with van der Waals surface area (Å²) in [5, 5.41) is 0. The van der Waals surface area contributed by atoms with Crippen LogP contribution in [0.2, 0.25) is 0 Å². The highest BCUT2D eigenvalue weighted by molar-refractivity contribution is 5.33. The maximum atomic E-state index is 10.3. The zero-order valence-electron chi connectivity index (χ0n) is 9.87. The molecular weight excluding hydrogens is 186 g/mol. The van der Waals surface area contributed by atoms with Crippen LogP contribution < -0.4 is 0 Å². The Kier molecular flexibility index (Phi) is 6.34. The van der Waals surface area contributed by atoms with Crippen molar-refractivity contribution >= 4 is 6.08 Å². The first kappa shape index (κ1) is 12.4. The van der Waals surface area contributed by atoms with Crippen LogP contribution in [0, 0.1) is 5.92 Å². The van der Waals surface area contributed by atoms with E-state index in [9.17, 15) is 4.79 Å². The molecule has 0 spiro atoms. The molecule has 1 fully saturated rings. The van der Waals surface area contributed by atoms with Crippen LogP contribution in [0.25, 0.3) is 0 Å². The lowest BCUT2D eigenvalue weighted by atomic mass is 9.94. The Morgan fingerprint density at radius 3 is 2.27 bits per heavy atom. The smallest absolute Gasteiger partial charge is 0.211 e. The Bertz CT molecular complexity index is 209. The summed E-state index contributed by atoms with van der Waals surface area (Å²) in [7, 11) is 0. The third kappa shape index (κ3) is 5.74. The van der Waals surface area contributed by atoms with Gasteiger partial charge in [-0.25, -0.2) is 9.79 Å². The van der Waals surface area contributed by atoms with E-state index in [1.165, 1.54) is 44.9 Å². The van der Waals surface area contributed by atoms with Crippen molar-refractivity contribution < 1.29 is 4.79 Å². The summed E-state index contributed by atoms with van der Waals surface area (Å²) in [6.45, 7) is 2.28. The quantitative estimate of drug-likeness (QED) is 0.476. The third-order valence-corrected chi connectivity index (χ3v) is 3.39. The summed E-state index contributed by atoms with van der Waals surface area (Å²) in [6.07, 6.45) is 13.2. The first-order valence-corrected chi connectivity index (χ1v) is 6.40. The second kappa shape index (κ2) is 7.64. The van der Waals surface area contributed by atoms with Crippen LogP contribution in [0.1, 0.15) is 64.7 Å². The number of rotatable bonds is 1. The molecule has 15 heavy (non-hydrogen) atoms. The van der Waals surface area contributed by atoms with Crippen molar-refractivity contribution in [3.8, 4) is 0 Å². The van der Waals surface area contributed by atoms with Gasteiger partial charge in [0.1, 0.15) is 0 Å². The van der Waals surface area contributed by atoms with Crippen LogP contribution in [-0.4, -0.2) is 12.1 Å². The monoisotopic (exact) mass is 209 g/mol. The predicted octanol–water partition coefficient (Wildman–Crippen LogP) is 3.85. The van der Waals surface area contributed by atoms with Gasteiger partial charge in [0.2, 0.25) is 6.08 Å². The molecule has 1 aliphatic rings. The van der Waals surface area contributed by atoms with Gasteiger partial charge in [-0.1, -0.05) is 51.9 Å². The van der Waals surface area contributed by atoms with Gasteiger partial charge in [-0.3, -0.25) is 0 Å². The maximum absolute atomic E-state index is 10.3. The fourth-order valence-electron chi connectivity index (χ4n) is 2.47. The largest absolute Gasteiger partial charge is 0.235 e. The molecule has 0 aromatic carbocycles. The molecular formula is C13H23NO. The summed E-state index contributed by atoms with van der Waals surface area (Å²) in [6, 6.07) is 0.246. The molecule has 0 aromatic rings. The molecule has 0 amide bonds. The molecule has 0 heterocycles. The fraction of sp³-hybridized carbons (Fsp3) is 0.923. The first-order valence-electron chi connectivity index (χ1n) is 6.40. The van der Waals surface area contributed by atoms with Crippen LogP contribution in [-0.2, 0) is 4.79 Å². The van der Waals surface area contributed by atoms with Crippen molar-refractivity contribution in [1.29, 1.82) is 0 Å². The molecule has 0 bridgehead atoms. The zero-order valence-corrected chi connectivity index (χ0v) is 9.87. The molecule has 0 radical (unpaired) electrons. The Morgan fingerprint density at radius 1 is 1.00 bits per heavy atom. The minimum Gasteiger partial charge on any atom is -0.211 e. The van der Waals surface area contributed by atoms with Gasteiger partial charge in [-0.05, 0) is 18.8 Å². The molecule has 1 rings (SSSR count). The highest BCUT2D eigenvalue weighted by Gasteiger charge is 2.13. The maximum Gasteiger partial charge on any atom is 0.235 e. The Labute approximate surface area is 93.2 Å². The van der Waals surface area contributed by atoms with Gasteiger partial charge in [-0.15, -0.1) is 0 Å². The highest BCUT2D eigenvalue weighted by Crippen LogP contribution is 2.22. The summed E-state index contributed by atoms with van der Waals surface area (Å²) >= 11 is 0. The topological polar surface area (TPSA) is 29.4 Å². The van der Waals surface area contributed by atoms with Gasteiger partial charge in [-0.2, -0.15) is 0 Å². The van der Waals surface area contributed by atoms with E-state index in [0.29, 0.717) is 5.92 Å². The van der Waals surface area contributed by atoms with E-state index >= 15 is 0 Å². The van der Waals surface area contributed by atoms with E-state index in [1.807, 2.05) is 0 Å². The van der Waals surface area contributed by atoms with Gasteiger partial charge >= 0.3 is 0 Å². The highest BCUT2D eigenvalue weighted by atomic mass is 16.1. The van der Waals surface area contributed by atoms with Crippen LogP contribution in [0.4, 0.5) is 0 Å². The molecule has 0 aromatic heterocycles. The van der Waals surface area contributed by atoms with E-state index in [2.05, 4.69) is 11.9 Å². The predicted molar refractivity (Wildman–Crippen MR) is 62.6 cm³/mol. The molecule has 2 unspecified atom stereocenters. The van der Waals surface area contributed by atoms with Crippen LogP contribution in [0.5, 0.6) is 0 Å². The second-order valence-electron chi connectivity index (χ2n) is 4.91. The molecule has 1 saturated carbocycles. The zero-order chi connectivity index (χ0) is 10.9. The van der Waals surface area contributed by atoms with Crippen LogP contribution in [0.15, 0.2) is 4.99 Å². The second-order valence-corrected chi connectivity index (χ2v) is 4.91. The van der Waals surface area contributed by atoms with Crippen molar-refractivity contribution in [2.75, 3.05) is 0 Å². The van der Waals surface area contributed by atoms with E-state index < -0.39 is 0 Å². The number of aliphatic imine (C=N–C) groups is 1. The minimum atomic E-state index is 0.246. The number of hydrogen-bond acceptors (Lipinski definition) is 2. The van der Waals surface area contributed by atoms with Gasteiger partial charge in [0.05, 0.1) is 6.04 Å². The van der Waals surface area contributed by atoms with E-state index in [-0.39, 0.29) is 6.04 Å². The molecule has 2 heteroatoms. The normalized spacial score (nSPS) is 29.9. The standard InChI is InChI=1S/C13H23NO/c1-12-8-6-4-2-3-5-7-9-13(10-12)14-11-15/h12-13H,2-10H2,1H3. The van der Waals surface area contributed by atoms with Gasteiger partial charge in [0.15, 0.2) is 0 Å². The number of carbonyl (C=O) groups excluding carboxylic acids is 1. The summed E-state index contributed by atoms with van der Waals surface area (Å²) in [5.74, 6) is 0.713. The first-order chi connectivity index (χ1) is 7.33. The number of nitrogens with zero attached hydrogens (tertiary/aromatic N) is 1. The molecule has 0 aliphatic heterocycles. The Morgan fingerprint density at radius 2 is 1.60 bits per heavy atom. The molecule has 0 N–H and O–H groups in total. The minimum absolute atomic E-state index is 0.246. The molecule has 2 nitrogen and oxygen atoms in total. The van der Waals surface area contributed by atoms with E-state index in [0.717, 1.165) is 12.8 Å². The molecule has 1 aliphatic carbocycles. The lowest BCUT2D eigenvalue weighted by molar-refractivity contribution is 0.409. The Hall–Kier alpha value is -0.620. The van der Waals surface area contributed by atoms with Gasteiger partial charge < -0.3 is 0 Å². The molecule has 0 saturated heterocycles. The van der Waals surface area contributed by atoms with Crippen molar-refractivity contribution in [3.63, 3.8) is 0 Å². The van der Waals surface area contributed by atoms with Crippen molar-refractivity contribution in [2.45, 2.75) is 70.8 Å². The number of hydrogen-bond donors (Lipinski definition) is 0. The third-order valence-electron chi connectivity index (χ3n) is 3.39. The molecule has 2 atom stereocenters. The van der Waals surface area contributed by atoms with E-state index in [1.54, 1.807) is 6.08 Å². The molecule has 86 valence electrons. The van der Waals surface area contributed by atoms with Gasteiger partial charge in [0.25, 0.3) is 0 Å². The van der Waals surface area contributed by atoms with Crippen molar-refractivity contribution in [3.05, 3.63) is 0 Å². The van der Waals surface area contributed by atoms with Crippen molar-refractivity contribution in [2.24, 2.45) is 10.9 Å². The van der Waals surface area contributed by atoms with Crippen LogP contribution in [0.3, 0.4) is 0 Å². The summed E-state index contributed by atoms with van der Waals surface area (Å²) in [5.41, 5.74) is 0. The Balaban J connectivity index is 2.43. The van der Waals surface area contributed by atoms with Crippen molar-refractivity contribution in [1.82, 2.24) is 0 Å².